The van der Waals surface area contributed by atoms with E-state index in [0.29, 0.717) is 13.1 Å². The van der Waals surface area contributed by atoms with Crippen LogP contribution in [0, 0.1) is 0 Å². The largest absolute Gasteiger partial charge is 0.325 e. The van der Waals surface area contributed by atoms with Gasteiger partial charge in [0.1, 0.15) is 6.04 Å². The Kier molecular flexibility index (Phi) is 6.70. The summed E-state index contributed by atoms with van der Waals surface area (Å²) < 4.78 is 0. The molecule has 1 atom stereocenters. The highest BCUT2D eigenvalue weighted by Crippen LogP contribution is 2.29. The number of piperazine rings is 1. The minimum Gasteiger partial charge on any atom is -0.325 e. The third-order valence-corrected chi connectivity index (χ3v) is 6.73. The SMILES string of the molecule is O=C1NC(Cc2ccccc2)C(=O)N1CN1CCN(C(c2ccccc2)c2ccccc2)CC1. The third kappa shape index (κ3) is 4.88. The maximum atomic E-state index is 12.9. The third-order valence-electron chi connectivity index (χ3n) is 6.73. The van der Waals surface area contributed by atoms with E-state index in [1.54, 1.807) is 0 Å². The van der Waals surface area contributed by atoms with Crippen LogP contribution in [0.15, 0.2) is 91.0 Å². The Bertz CT molecular complexity index is 1060. The van der Waals surface area contributed by atoms with E-state index in [2.05, 4.69) is 63.6 Å². The van der Waals surface area contributed by atoms with Crippen molar-refractivity contribution in [3.05, 3.63) is 108 Å². The van der Waals surface area contributed by atoms with E-state index in [1.807, 2.05) is 42.5 Å². The van der Waals surface area contributed by atoms with Gasteiger partial charge >= 0.3 is 6.03 Å². The molecule has 5 rings (SSSR count). The van der Waals surface area contributed by atoms with Gasteiger partial charge in [-0.15, -0.1) is 0 Å². The zero-order valence-electron chi connectivity index (χ0n) is 19.2. The molecule has 2 fully saturated rings. The molecule has 2 aliphatic heterocycles. The molecule has 174 valence electrons. The second-order valence-electron chi connectivity index (χ2n) is 8.98. The standard InChI is InChI=1S/C28H30N4O2/c33-27-25(20-22-10-4-1-5-11-22)29-28(34)32(27)21-30-16-18-31(19-17-30)26(23-12-6-2-7-13-23)24-14-8-3-9-15-24/h1-15,25-26H,16-21H2,(H,29,34). The number of amides is 3. The van der Waals surface area contributed by atoms with Crippen molar-refractivity contribution in [1.82, 2.24) is 20.0 Å². The lowest BCUT2D eigenvalue weighted by molar-refractivity contribution is -0.129. The molecule has 0 saturated carbocycles. The van der Waals surface area contributed by atoms with Crippen LogP contribution >= 0.6 is 0 Å². The van der Waals surface area contributed by atoms with Crippen LogP contribution in [0.4, 0.5) is 4.79 Å². The summed E-state index contributed by atoms with van der Waals surface area (Å²) in [6.07, 6.45) is 0.519. The maximum absolute atomic E-state index is 12.9. The van der Waals surface area contributed by atoms with Gasteiger partial charge in [-0.2, -0.15) is 0 Å². The predicted molar refractivity (Wildman–Crippen MR) is 132 cm³/mol. The van der Waals surface area contributed by atoms with Gasteiger partial charge in [0.25, 0.3) is 5.91 Å². The van der Waals surface area contributed by atoms with Gasteiger partial charge in [0.05, 0.1) is 12.7 Å². The van der Waals surface area contributed by atoms with E-state index in [4.69, 9.17) is 0 Å². The molecule has 1 N–H and O–H groups in total. The molecule has 6 heteroatoms. The van der Waals surface area contributed by atoms with Gasteiger partial charge in [0.15, 0.2) is 0 Å². The molecule has 2 heterocycles. The normalized spacial score (nSPS) is 19.6. The zero-order chi connectivity index (χ0) is 23.3. The van der Waals surface area contributed by atoms with Crippen molar-refractivity contribution >= 4 is 11.9 Å². The quantitative estimate of drug-likeness (QED) is 0.555. The topological polar surface area (TPSA) is 55.9 Å². The number of rotatable bonds is 7. The predicted octanol–water partition coefficient (Wildman–Crippen LogP) is 3.51. The molecule has 0 radical (unpaired) electrons. The van der Waals surface area contributed by atoms with Crippen LogP contribution in [0.1, 0.15) is 22.7 Å². The van der Waals surface area contributed by atoms with Crippen molar-refractivity contribution in [2.45, 2.75) is 18.5 Å². The van der Waals surface area contributed by atoms with Gasteiger partial charge in [0.2, 0.25) is 0 Å². The first-order chi connectivity index (χ1) is 16.7. The van der Waals surface area contributed by atoms with Crippen LogP contribution in [0.2, 0.25) is 0 Å². The summed E-state index contributed by atoms with van der Waals surface area (Å²) >= 11 is 0. The van der Waals surface area contributed by atoms with Gasteiger partial charge in [-0.3, -0.25) is 14.6 Å². The summed E-state index contributed by atoms with van der Waals surface area (Å²) in [5, 5.41) is 2.86. The summed E-state index contributed by atoms with van der Waals surface area (Å²) in [4.78, 5) is 31.6. The molecule has 0 aromatic heterocycles. The number of imide groups is 1. The van der Waals surface area contributed by atoms with Crippen LogP contribution in [0.3, 0.4) is 0 Å². The van der Waals surface area contributed by atoms with Crippen molar-refractivity contribution in [2.24, 2.45) is 0 Å². The highest BCUT2D eigenvalue weighted by Gasteiger charge is 2.39. The Balaban J connectivity index is 1.22. The molecular formula is C28H30N4O2. The smallest absolute Gasteiger partial charge is 0.325 e. The van der Waals surface area contributed by atoms with Crippen LogP contribution in [0.5, 0.6) is 0 Å². The molecule has 0 aliphatic carbocycles. The van der Waals surface area contributed by atoms with Crippen LogP contribution < -0.4 is 5.32 Å². The number of nitrogens with one attached hydrogen (secondary N) is 1. The van der Waals surface area contributed by atoms with Gasteiger partial charge in [-0.25, -0.2) is 9.69 Å². The van der Waals surface area contributed by atoms with Gasteiger partial charge < -0.3 is 5.32 Å². The maximum Gasteiger partial charge on any atom is 0.325 e. The number of hydrogen-bond acceptors (Lipinski definition) is 4. The molecule has 6 nitrogen and oxygen atoms in total. The summed E-state index contributed by atoms with van der Waals surface area (Å²) in [5.74, 6) is -0.136. The summed E-state index contributed by atoms with van der Waals surface area (Å²) in [7, 11) is 0. The number of nitrogens with zero attached hydrogens (tertiary/aromatic N) is 3. The van der Waals surface area contributed by atoms with Crippen molar-refractivity contribution < 1.29 is 9.59 Å². The van der Waals surface area contributed by atoms with Crippen LogP contribution in [-0.4, -0.2) is 65.5 Å². The Morgan fingerprint density at radius 2 is 1.26 bits per heavy atom. The fraction of sp³-hybridized carbons (Fsp3) is 0.286. The van der Waals surface area contributed by atoms with E-state index >= 15 is 0 Å². The molecule has 0 spiro atoms. The van der Waals surface area contributed by atoms with Gasteiger partial charge in [0, 0.05) is 32.6 Å². The Hall–Kier alpha value is -3.48. The van der Waals surface area contributed by atoms with Crippen molar-refractivity contribution in [3.63, 3.8) is 0 Å². The van der Waals surface area contributed by atoms with E-state index in [1.165, 1.54) is 16.0 Å². The molecule has 3 aromatic carbocycles. The van der Waals surface area contributed by atoms with Crippen molar-refractivity contribution in [1.29, 1.82) is 0 Å². The number of carbonyl (C=O) groups excluding carboxylic acids is 2. The monoisotopic (exact) mass is 454 g/mol. The summed E-state index contributed by atoms with van der Waals surface area (Å²) in [6, 6.07) is 30.4. The van der Waals surface area contributed by atoms with Crippen LogP contribution in [0.25, 0.3) is 0 Å². The Morgan fingerprint density at radius 3 is 1.82 bits per heavy atom. The average molecular weight is 455 g/mol. The average Bonchev–Trinajstić information content (AvgIpc) is 3.14. The minimum absolute atomic E-state index is 0.136. The molecule has 0 bridgehead atoms. The second-order valence-corrected chi connectivity index (χ2v) is 8.98. The Morgan fingerprint density at radius 1 is 0.735 bits per heavy atom. The number of carbonyl (C=O) groups is 2. The first-order valence-corrected chi connectivity index (χ1v) is 11.9. The molecule has 34 heavy (non-hydrogen) atoms. The van der Waals surface area contributed by atoms with Crippen molar-refractivity contribution in [2.75, 3.05) is 32.8 Å². The summed E-state index contributed by atoms with van der Waals surface area (Å²) in [5.41, 5.74) is 3.60. The molecule has 3 aromatic rings. The number of benzene rings is 3. The lowest BCUT2D eigenvalue weighted by Gasteiger charge is -2.40. The highest BCUT2D eigenvalue weighted by atomic mass is 16.2. The van der Waals surface area contributed by atoms with Crippen LogP contribution in [-0.2, 0) is 11.2 Å². The van der Waals surface area contributed by atoms with E-state index in [0.717, 1.165) is 31.7 Å². The first kappa shape index (κ1) is 22.3. The molecular weight excluding hydrogens is 424 g/mol. The molecule has 1 unspecified atom stereocenters. The van der Waals surface area contributed by atoms with Gasteiger partial charge in [-0.1, -0.05) is 91.0 Å². The lowest BCUT2D eigenvalue weighted by atomic mass is 9.96. The van der Waals surface area contributed by atoms with Gasteiger partial charge in [-0.05, 0) is 16.7 Å². The fourth-order valence-electron chi connectivity index (χ4n) is 4.95. The second kappa shape index (κ2) is 10.2. The Labute approximate surface area is 200 Å². The molecule has 2 saturated heterocycles. The molecule has 3 amide bonds. The minimum atomic E-state index is -0.489. The lowest BCUT2D eigenvalue weighted by Crippen LogP contribution is -2.52. The first-order valence-electron chi connectivity index (χ1n) is 11.9. The molecule has 2 aliphatic rings. The summed E-state index contributed by atoms with van der Waals surface area (Å²) in [6.45, 7) is 3.68. The fourth-order valence-corrected chi connectivity index (χ4v) is 4.95. The zero-order valence-corrected chi connectivity index (χ0v) is 19.2. The number of urea groups is 1. The highest BCUT2D eigenvalue weighted by molar-refractivity contribution is 6.04. The van der Waals surface area contributed by atoms with Crippen molar-refractivity contribution in [3.8, 4) is 0 Å². The number of hydrogen-bond donors (Lipinski definition) is 1. The van der Waals surface area contributed by atoms with E-state index in [-0.39, 0.29) is 18.0 Å². The van der Waals surface area contributed by atoms with E-state index in [9.17, 15) is 9.59 Å². The van der Waals surface area contributed by atoms with E-state index < -0.39 is 6.04 Å².